The summed E-state index contributed by atoms with van der Waals surface area (Å²) < 4.78 is 22.3. The van der Waals surface area contributed by atoms with E-state index in [0.29, 0.717) is 5.56 Å². The van der Waals surface area contributed by atoms with E-state index in [1.165, 1.54) is 6.92 Å². The average molecular weight is 433 g/mol. The number of ether oxygens (including phenoxy) is 2. The lowest BCUT2D eigenvalue weighted by Gasteiger charge is -2.32. The highest BCUT2D eigenvalue weighted by atomic mass is 16.7. The maximum Gasteiger partial charge on any atom is 0.494 e. The lowest BCUT2D eigenvalue weighted by molar-refractivity contribution is -0.168. The number of esters is 2. The van der Waals surface area contributed by atoms with Crippen molar-refractivity contribution in [3.05, 3.63) is 29.8 Å². The van der Waals surface area contributed by atoms with Gasteiger partial charge in [-0.05, 0) is 52.6 Å². The van der Waals surface area contributed by atoms with Crippen molar-refractivity contribution in [1.29, 1.82) is 0 Å². The molecule has 1 saturated heterocycles. The Hall–Kier alpha value is -2.39. The number of carbonyl (C=O) groups is 3. The summed E-state index contributed by atoms with van der Waals surface area (Å²) >= 11 is 0. The fourth-order valence-corrected chi connectivity index (χ4v) is 3.26. The summed E-state index contributed by atoms with van der Waals surface area (Å²) in [7, 11) is -0.533. The summed E-state index contributed by atoms with van der Waals surface area (Å²) in [6, 6.07) is 7.14. The summed E-state index contributed by atoms with van der Waals surface area (Å²) in [4.78, 5) is 37.4. The number of rotatable bonds is 8. The van der Waals surface area contributed by atoms with Crippen LogP contribution in [0.25, 0.3) is 0 Å². The average Bonchev–Trinajstić information content (AvgIpc) is 2.89. The molecule has 0 unspecified atom stereocenters. The monoisotopic (exact) mass is 433 g/mol. The summed E-state index contributed by atoms with van der Waals surface area (Å²) in [5, 5.41) is 2.46. The predicted molar refractivity (Wildman–Crippen MR) is 116 cm³/mol. The Labute approximate surface area is 184 Å². The van der Waals surface area contributed by atoms with Crippen molar-refractivity contribution in [2.75, 3.05) is 13.2 Å². The fraction of sp³-hybridized carbons (Fsp3) is 0.591. The summed E-state index contributed by atoms with van der Waals surface area (Å²) in [5.74, 6) is -2.27. The molecular formula is C22H32BNO7. The van der Waals surface area contributed by atoms with Gasteiger partial charge in [-0.25, -0.2) is 9.59 Å². The van der Waals surface area contributed by atoms with Gasteiger partial charge in [0, 0.05) is 13.3 Å². The first-order valence-corrected chi connectivity index (χ1v) is 10.5. The molecule has 31 heavy (non-hydrogen) atoms. The van der Waals surface area contributed by atoms with Crippen molar-refractivity contribution in [3.8, 4) is 0 Å². The first-order chi connectivity index (χ1) is 14.4. The van der Waals surface area contributed by atoms with Crippen LogP contribution in [-0.2, 0) is 39.6 Å². The molecule has 1 heterocycles. The second kappa shape index (κ2) is 9.40. The van der Waals surface area contributed by atoms with E-state index in [0.717, 1.165) is 5.46 Å². The van der Waals surface area contributed by atoms with Gasteiger partial charge in [0.15, 0.2) is 0 Å². The molecule has 170 valence electrons. The maximum absolute atomic E-state index is 12.8. The highest BCUT2D eigenvalue weighted by Crippen LogP contribution is 2.36. The first-order valence-electron chi connectivity index (χ1n) is 10.5. The van der Waals surface area contributed by atoms with Crippen LogP contribution in [0.5, 0.6) is 0 Å². The Kier molecular flexibility index (Phi) is 7.55. The Morgan fingerprint density at radius 1 is 0.935 bits per heavy atom. The number of nitrogens with one attached hydrogen (secondary N) is 1. The molecular weight excluding hydrogens is 401 g/mol. The molecule has 1 fully saturated rings. The smallest absolute Gasteiger partial charge is 0.464 e. The SMILES string of the molecule is CCOC(=O)C(Cc1ccc(B2OC(C)(C)C(C)(C)O2)cc1)(NC(C)=O)C(=O)OCC. The maximum atomic E-state index is 12.8. The minimum atomic E-state index is -1.97. The van der Waals surface area contributed by atoms with Gasteiger partial charge in [-0.3, -0.25) is 4.79 Å². The number of hydrogen-bond donors (Lipinski definition) is 1. The molecule has 9 heteroatoms. The van der Waals surface area contributed by atoms with Gasteiger partial charge in [0.25, 0.3) is 0 Å². The standard InChI is InChI=1S/C22H32BNO7/c1-8-28-18(26)22(24-15(3)25,19(27)29-9-2)14-16-10-12-17(13-11-16)23-30-20(4,5)21(6,7)31-23/h10-13H,8-9,14H2,1-7H3,(H,24,25). The molecule has 0 atom stereocenters. The molecule has 0 spiro atoms. The van der Waals surface area contributed by atoms with Crippen LogP contribution in [0.3, 0.4) is 0 Å². The van der Waals surface area contributed by atoms with E-state index in [-0.39, 0.29) is 19.6 Å². The molecule has 1 aliphatic rings. The Balaban J connectivity index is 2.33. The molecule has 0 bridgehead atoms. The molecule has 0 saturated carbocycles. The van der Waals surface area contributed by atoms with Gasteiger partial charge in [-0.2, -0.15) is 0 Å². The third-order valence-corrected chi connectivity index (χ3v) is 5.61. The zero-order valence-electron chi connectivity index (χ0n) is 19.4. The predicted octanol–water partition coefficient (Wildman–Crippen LogP) is 1.53. The van der Waals surface area contributed by atoms with E-state index < -0.39 is 41.7 Å². The molecule has 1 aromatic rings. The van der Waals surface area contributed by atoms with Crippen molar-refractivity contribution < 1.29 is 33.2 Å². The Bertz CT molecular complexity index is 786. The van der Waals surface area contributed by atoms with Gasteiger partial charge in [-0.15, -0.1) is 0 Å². The quantitative estimate of drug-likeness (QED) is 0.377. The Morgan fingerprint density at radius 3 is 1.77 bits per heavy atom. The lowest BCUT2D eigenvalue weighted by Crippen LogP contribution is -2.62. The van der Waals surface area contributed by atoms with E-state index in [4.69, 9.17) is 18.8 Å². The van der Waals surface area contributed by atoms with E-state index in [1.54, 1.807) is 26.0 Å². The highest BCUT2D eigenvalue weighted by Gasteiger charge is 2.52. The highest BCUT2D eigenvalue weighted by molar-refractivity contribution is 6.62. The number of benzene rings is 1. The van der Waals surface area contributed by atoms with Crippen molar-refractivity contribution >= 4 is 30.4 Å². The van der Waals surface area contributed by atoms with E-state index in [9.17, 15) is 14.4 Å². The fourth-order valence-electron chi connectivity index (χ4n) is 3.26. The Morgan fingerprint density at radius 2 is 1.39 bits per heavy atom. The van der Waals surface area contributed by atoms with Gasteiger partial charge in [0.1, 0.15) is 0 Å². The van der Waals surface area contributed by atoms with Crippen LogP contribution >= 0.6 is 0 Å². The number of amides is 1. The van der Waals surface area contributed by atoms with Crippen molar-refractivity contribution in [2.45, 2.75) is 71.6 Å². The van der Waals surface area contributed by atoms with Crippen LogP contribution in [0, 0.1) is 0 Å². The molecule has 8 nitrogen and oxygen atoms in total. The third kappa shape index (κ3) is 5.27. The second-order valence-corrected chi connectivity index (χ2v) is 8.53. The van der Waals surface area contributed by atoms with Crippen molar-refractivity contribution in [1.82, 2.24) is 5.32 Å². The summed E-state index contributed by atoms with van der Waals surface area (Å²) in [5.41, 5.74) is -1.46. The van der Waals surface area contributed by atoms with Crippen LogP contribution in [0.15, 0.2) is 24.3 Å². The largest absolute Gasteiger partial charge is 0.494 e. The molecule has 1 amide bonds. The van der Waals surface area contributed by atoms with Gasteiger partial charge < -0.3 is 24.1 Å². The van der Waals surface area contributed by atoms with Gasteiger partial charge in [0.2, 0.25) is 11.4 Å². The first kappa shape index (κ1) is 24.9. The van der Waals surface area contributed by atoms with Gasteiger partial charge >= 0.3 is 19.1 Å². The van der Waals surface area contributed by atoms with Crippen molar-refractivity contribution in [2.24, 2.45) is 0 Å². The van der Waals surface area contributed by atoms with Crippen LogP contribution in [0.2, 0.25) is 0 Å². The molecule has 2 rings (SSSR count). The van der Waals surface area contributed by atoms with E-state index >= 15 is 0 Å². The third-order valence-electron chi connectivity index (χ3n) is 5.61. The zero-order chi connectivity index (χ0) is 23.4. The van der Waals surface area contributed by atoms with Crippen LogP contribution in [0.1, 0.15) is 54.0 Å². The number of hydrogen-bond acceptors (Lipinski definition) is 7. The molecule has 1 N–H and O–H groups in total. The molecule has 0 aliphatic carbocycles. The molecule has 0 aromatic heterocycles. The summed E-state index contributed by atoms with van der Waals surface area (Å²) in [6.07, 6.45) is -0.117. The molecule has 1 aliphatic heterocycles. The zero-order valence-corrected chi connectivity index (χ0v) is 19.4. The van der Waals surface area contributed by atoms with Gasteiger partial charge in [0.05, 0.1) is 24.4 Å². The molecule has 1 aromatic carbocycles. The molecule has 0 radical (unpaired) electrons. The second-order valence-electron chi connectivity index (χ2n) is 8.53. The van der Waals surface area contributed by atoms with Crippen LogP contribution in [0.4, 0.5) is 0 Å². The minimum absolute atomic E-state index is 0.0560. The lowest BCUT2D eigenvalue weighted by atomic mass is 9.78. The van der Waals surface area contributed by atoms with E-state index in [1.807, 2.05) is 39.8 Å². The van der Waals surface area contributed by atoms with Gasteiger partial charge in [-0.1, -0.05) is 24.3 Å². The topological polar surface area (TPSA) is 100 Å². The van der Waals surface area contributed by atoms with E-state index in [2.05, 4.69) is 5.32 Å². The van der Waals surface area contributed by atoms with Crippen molar-refractivity contribution in [3.63, 3.8) is 0 Å². The number of carbonyl (C=O) groups excluding carboxylic acids is 3. The minimum Gasteiger partial charge on any atom is -0.464 e. The van der Waals surface area contributed by atoms with Crippen LogP contribution < -0.4 is 10.8 Å². The van der Waals surface area contributed by atoms with Crippen LogP contribution in [-0.4, -0.2) is 54.9 Å². The normalized spacial score (nSPS) is 17.2. The summed E-state index contributed by atoms with van der Waals surface area (Å²) in [6.45, 7) is 12.5.